The van der Waals surface area contributed by atoms with Gasteiger partial charge in [0.25, 0.3) is 0 Å². The van der Waals surface area contributed by atoms with E-state index in [0.29, 0.717) is 11.4 Å². The number of anilines is 1. The monoisotopic (exact) mass is 344 g/mol. The van der Waals surface area contributed by atoms with Crippen LogP contribution < -0.4 is 9.64 Å². The number of carbonyl (C=O) groups is 1. The molecule has 4 nitrogen and oxygen atoms in total. The fraction of sp³-hybridized carbons (Fsp3) is 0.316. The number of carbonyl (C=O) groups excluding carboxylic acids is 1. The normalized spacial score (nSPS) is 14.6. The van der Waals surface area contributed by atoms with Gasteiger partial charge in [0, 0.05) is 31.2 Å². The number of rotatable bonds is 4. The molecular weight excluding hydrogens is 324 g/mol. The van der Waals surface area contributed by atoms with E-state index in [0.717, 1.165) is 43.2 Å². The highest BCUT2D eigenvalue weighted by atomic mass is 35.5. The molecule has 126 valence electrons. The third-order valence-corrected chi connectivity index (χ3v) is 4.54. The van der Waals surface area contributed by atoms with Gasteiger partial charge in [0.1, 0.15) is 5.75 Å². The zero-order chi connectivity index (χ0) is 16.9. The van der Waals surface area contributed by atoms with Crippen molar-refractivity contribution in [3.63, 3.8) is 0 Å². The van der Waals surface area contributed by atoms with Crippen LogP contribution in [0.1, 0.15) is 5.56 Å². The van der Waals surface area contributed by atoms with Gasteiger partial charge in [-0.1, -0.05) is 35.9 Å². The zero-order valence-electron chi connectivity index (χ0n) is 13.7. The summed E-state index contributed by atoms with van der Waals surface area (Å²) < 4.78 is 5.43. The highest BCUT2D eigenvalue weighted by molar-refractivity contribution is 6.30. The second kappa shape index (κ2) is 7.58. The van der Waals surface area contributed by atoms with Gasteiger partial charge in [0.2, 0.25) is 5.91 Å². The van der Waals surface area contributed by atoms with E-state index in [1.165, 1.54) is 0 Å². The maximum Gasteiger partial charge on any atom is 0.227 e. The third kappa shape index (κ3) is 3.82. The maximum atomic E-state index is 12.5. The van der Waals surface area contributed by atoms with Gasteiger partial charge < -0.3 is 14.5 Å². The molecule has 2 aromatic rings. The lowest BCUT2D eigenvalue weighted by atomic mass is 10.1. The van der Waals surface area contributed by atoms with Crippen LogP contribution in [0.15, 0.2) is 48.5 Å². The van der Waals surface area contributed by atoms with Crippen LogP contribution in [-0.4, -0.2) is 44.1 Å². The number of amides is 1. The molecule has 24 heavy (non-hydrogen) atoms. The highest BCUT2D eigenvalue weighted by Gasteiger charge is 2.22. The Bertz CT molecular complexity index is 712. The predicted molar refractivity (Wildman–Crippen MR) is 96.9 cm³/mol. The summed E-state index contributed by atoms with van der Waals surface area (Å²) in [7, 11) is 1.68. The quantitative estimate of drug-likeness (QED) is 0.853. The van der Waals surface area contributed by atoms with Crippen molar-refractivity contribution >= 4 is 23.2 Å². The van der Waals surface area contributed by atoms with Crippen LogP contribution in [0.2, 0.25) is 5.02 Å². The van der Waals surface area contributed by atoms with Crippen molar-refractivity contribution in [1.82, 2.24) is 4.90 Å². The van der Waals surface area contributed by atoms with Crippen LogP contribution in [0.4, 0.5) is 5.69 Å². The molecule has 0 aromatic heterocycles. The number of ether oxygens (including phenoxy) is 1. The number of methoxy groups -OCH3 is 1. The Morgan fingerprint density at radius 3 is 2.54 bits per heavy atom. The molecule has 1 aliphatic rings. The first-order valence-electron chi connectivity index (χ1n) is 8.07. The van der Waals surface area contributed by atoms with E-state index < -0.39 is 0 Å². The Labute approximate surface area is 147 Å². The van der Waals surface area contributed by atoms with Gasteiger partial charge in [0.15, 0.2) is 0 Å². The van der Waals surface area contributed by atoms with Gasteiger partial charge in [-0.3, -0.25) is 4.79 Å². The summed E-state index contributed by atoms with van der Waals surface area (Å²) in [5.41, 5.74) is 2.04. The Morgan fingerprint density at radius 1 is 1.08 bits per heavy atom. The molecule has 1 fully saturated rings. The minimum Gasteiger partial charge on any atom is -0.495 e. The second-order valence-electron chi connectivity index (χ2n) is 5.85. The van der Waals surface area contributed by atoms with Gasteiger partial charge in [-0.15, -0.1) is 0 Å². The summed E-state index contributed by atoms with van der Waals surface area (Å²) in [6.45, 7) is 3.05. The molecule has 0 aliphatic carbocycles. The number of benzene rings is 2. The van der Waals surface area contributed by atoms with Crippen molar-refractivity contribution in [3.05, 3.63) is 59.1 Å². The SMILES string of the molecule is COc1ccccc1N1CCN(C(=O)Cc2cccc(Cl)c2)CC1. The van der Waals surface area contributed by atoms with Crippen molar-refractivity contribution in [2.45, 2.75) is 6.42 Å². The molecule has 0 N–H and O–H groups in total. The summed E-state index contributed by atoms with van der Waals surface area (Å²) in [6.07, 6.45) is 0.398. The molecule has 1 aliphatic heterocycles. The van der Waals surface area contributed by atoms with Crippen LogP contribution >= 0.6 is 11.6 Å². The molecule has 0 saturated carbocycles. The minimum absolute atomic E-state index is 0.150. The van der Waals surface area contributed by atoms with E-state index in [4.69, 9.17) is 16.3 Å². The number of nitrogens with zero attached hydrogens (tertiary/aromatic N) is 2. The Morgan fingerprint density at radius 2 is 1.83 bits per heavy atom. The van der Waals surface area contributed by atoms with E-state index in [1.54, 1.807) is 7.11 Å². The minimum atomic E-state index is 0.150. The molecule has 0 spiro atoms. The highest BCUT2D eigenvalue weighted by Crippen LogP contribution is 2.28. The predicted octanol–water partition coefficient (Wildman–Crippen LogP) is 3.24. The van der Waals surface area contributed by atoms with Crippen LogP contribution in [0, 0.1) is 0 Å². The molecule has 1 heterocycles. The van der Waals surface area contributed by atoms with E-state index in [2.05, 4.69) is 11.0 Å². The van der Waals surface area contributed by atoms with Crippen molar-refractivity contribution in [2.24, 2.45) is 0 Å². The van der Waals surface area contributed by atoms with E-state index in [9.17, 15) is 4.79 Å². The fourth-order valence-corrected chi connectivity index (χ4v) is 3.23. The van der Waals surface area contributed by atoms with Gasteiger partial charge in [-0.25, -0.2) is 0 Å². The lowest BCUT2D eigenvalue weighted by Crippen LogP contribution is -2.49. The molecule has 3 rings (SSSR count). The lowest BCUT2D eigenvalue weighted by molar-refractivity contribution is -0.130. The maximum absolute atomic E-state index is 12.5. The summed E-state index contributed by atoms with van der Waals surface area (Å²) in [6, 6.07) is 15.5. The average Bonchev–Trinajstić information content (AvgIpc) is 2.62. The number of hydrogen-bond donors (Lipinski definition) is 0. The molecule has 0 atom stereocenters. The number of para-hydroxylation sites is 2. The molecule has 1 amide bonds. The smallest absolute Gasteiger partial charge is 0.227 e. The molecule has 1 saturated heterocycles. The van der Waals surface area contributed by atoms with Gasteiger partial charge in [-0.2, -0.15) is 0 Å². The Balaban J connectivity index is 1.59. The Kier molecular flexibility index (Phi) is 5.26. The topological polar surface area (TPSA) is 32.8 Å². The number of piperazine rings is 1. The molecule has 0 unspecified atom stereocenters. The van der Waals surface area contributed by atoms with Crippen LogP contribution in [0.3, 0.4) is 0 Å². The van der Waals surface area contributed by atoms with Gasteiger partial charge in [-0.05, 0) is 29.8 Å². The number of hydrogen-bond acceptors (Lipinski definition) is 3. The van der Waals surface area contributed by atoms with E-state index >= 15 is 0 Å². The summed E-state index contributed by atoms with van der Waals surface area (Å²) in [5.74, 6) is 1.02. The van der Waals surface area contributed by atoms with Crippen molar-refractivity contribution in [1.29, 1.82) is 0 Å². The first-order chi connectivity index (χ1) is 11.7. The first kappa shape index (κ1) is 16.7. The van der Waals surface area contributed by atoms with Crippen molar-refractivity contribution in [2.75, 3.05) is 38.2 Å². The number of halogens is 1. The fourth-order valence-electron chi connectivity index (χ4n) is 3.02. The molecular formula is C19H21ClN2O2. The second-order valence-corrected chi connectivity index (χ2v) is 6.28. The van der Waals surface area contributed by atoms with Crippen molar-refractivity contribution < 1.29 is 9.53 Å². The molecule has 0 bridgehead atoms. The van der Waals surface area contributed by atoms with Crippen LogP contribution in [0.5, 0.6) is 5.75 Å². The summed E-state index contributed by atoms with van der Waals surface area (Å²) in [4.78, 5) is 16.7. The van der Waals surface area contributed by atoms with Gasteiger partial charge in [0.05, 0.1) is 19.2 Å². The van der Waals surface area contributed by atoms with Crippen molar-refractivity contribution in [3.8, 4) is 5.75 Å². The Hall–Kier alpha value is -2.20. The molecule has 2 aromatic carbocycles. The van der Waals surface area contributed by atoms with Crippen LogP contribution in [-0.2, 0) is 11.2 Å². The lowest BCUT2D eigenvalue weighted by Gasteiger charge is -2.36. The largest absolute Gasteiger partial charge is 0.495 e. The third-order valence-electron chi connectivity index (χ3n) is 4.30. The van der Waals surface area contributed by atoms with Gasteiger partial charge >= 0.3 is 0 Å². The zero-order valence-corrected chi connectivity index (χ0v) is 14.5. The average molecular weight is 345 g/mol. The summed E-state index contributed by atoms with van der Waals surface area (Å²) in [5, 5.41) is 0.668. The molecule has 5 heteroatoms. The van der Waals surface area contributed by atoms with E-state index in [1.807, 2.05) is 47.4 Å². The van der Waals surface area contributed by atoms with E-state index in [-0.39, 0.29) is 5.91 Å². The van der Waals surface area contributed by atoms with Crippen LogP contribution in [0.25, 0.3) is 0 Å². The summed E-state index contributed by atoms with van der Waals surface area (Å²) >= 11 is 5.99. The standard InChI is InChI=1S/C19H21ClN2O2/c1-24-18-8-3-2-7-17(18)21-9-11-22(12-10-21)19(23)14-15-5-4-6-16(20)13-15/h2-8,13H,9-12,14H2,1H3. The first-order valence-corrected chi connectivity index (χ1v) is 8.45. The molecule has 0 radical (unpaired) electrons.